The van der Waals surface area contributed by atoms with E-state index in [4.69, 9.17) is 0 Å². The van der Waals surface area contributed by atoms with Crippen molar-refractivity contribution in [2.75, 3.05) is 0 Å². The summed E-state index contributed by atoms with van der Waals surface area (Å²) in [4.78, 5) is 1.65. The van der Waals surface area contributed by atoms with E-state index >= 15 is 0 Å². The first-order valence-corrected chi connectivity index (χ1v) is 9.41. The van der Waals surface area contributed by atoms with Gasteiger partial charge in [0.05, 0.1) is 5.54 Å². The van der Waals surface area contributed by atoms with Gasteiger partial charge in [-0.05, 0) is 42.3 Å². The maximum atomic E-state index is 3.53. The van der Waals surface area contributed by atoms with E-state index in [0.717, 1.165) is 24.0 Å². The van der Waals surface area contributed by atoms with Gasteiger partial charge in [-0.1, -0.05) is 64.5 Å². The molecule has 1 heterocycles. The Morgan fingerprint density at radius 1 is 0.960 bits per heavy atom. The Kier molecular flexibility index (Phi) is 5.24. The van der Waals surface area contributed by atoms with Crippen LogP contribution < -0.4 is 17.3 Å². The van der Waals surface area contributed by atoms with Crippen molar-refractivity contribution in [3.8, 4) is 0 Å². The molecule has 0 bridgehead atoms. The number of rotatable bonds is 2. The molecule has 0 fully saturated rings. The molecule has 1 unspecified atom stereocenters. The average Bonchev–Trinajstić information content (AvgIpc) is 2.57. The monoisotopic (exact) mass is 415 g/mol. The molecule has 0 aromatic heterocycles. The van der Waals surface area contributed by atoms with E-state index in [1.807, 2.05) is 0 Å². The number of fused-ring (bicyclic) bond motifs is 3. The number of halogens is 2. The van der Waals surface area contributed by atoms with Crippen molar-refractivity contribution in [3.63, 3.8) is 0 Å². The molecule has 3 aromatic rings. The zero-order valence-electron chi connectivity index (χ0n) is 14.7. The topological polar surface area (TPSA) is 4.44 Å². The summed E-state index contributed by atoms with van der Waals surface area (Å²) in [5, 5.41) is 2.80. The van der Waals surface area contributed by atoms with E-state index in [9.17, 15) is 0 Å². The van der Waals surface area contributed by atoms with Crippen molar-refractivity contribution in [2.45, 2.75) is 38.9 Å². The smallest absolute Gasteiger partial charge is 0.104 e. The number of nitrogens with one attached hydrogen (secondary N) is 1. The Bertz CT molecular complexity index is 886. The van der Waals surface area contributed by atoms with Crippen molar-refractivity contribution in [1.82, 2.24) is 0 Å². The highest BCUT2D eigenvalue weighted by Crippen LogP contribution is 2.28. The molecule has 0 amide bonds. The van der Waals surface area contributed by atoms with Gasteiger partial charge in [-0.15, -0.1) is 0 Å². The van der Waals surface area contributed by atoms with Crippen LogP contribution in [0.5, 0.6) is 0 Å². The van der Waals surface area contributed by atoms with E-state index in [1.165, 1.54) is 21.9 Å². The summed E-state index contributed by atoms with van der Waals surface area (Å²) in [6.07, 6.45) is 1.13. The van der Waals surface area contributed by atoms with Gasteiger partial charge < -0.3 is 17.3 Å². The lowest BCUT2D eigenvalue weighted by Crippen LogP contribution is -3.18. The molecule has 1 aliphatic rings. The SMILES string of the molecule is CC1(C)Cc2c(ccc3ccccc23)C[NH+]1Cc1ccc(Br)cc1.[Cl-]. The second-order valence-electron chi connectivity index (χ2n) is 7.57. The Balaban J connectivity index is 0.00000182. The Labute approximate surface area is 164 Å². The van der Waals surface area contributed by atoms with Gasteiger partial charge in [-0.3, -0.25) is 0 Å². The van der Waals surface area contributed by atoms with Crippen LogP contribution in [0.15, 0.2) is 65.1 Å². The normalized spacial score (nSPS) is 18.4. The van der Waals surface area contributed by atoms with Crippen LogP contribution in [0.2, 0.25) is 0 Å². The molecule has 1 nitrogen and oxygen atoms in total. The van der Waals surface area contributed by atoms with Crippen LogP contribution in [0.3, 0.4) is 0 Å². The first kappa shape index (κ1) is 18.4. The molecule has 0 radical (unpaired) electrons. The summed E-state index contributed by atoms with van der Waals surface area (Å²) < 4.78 is 1.15. The third kappa shape index (κ3) is 3.62. The fraction of sp³-hybridized carbons (Fsp3) is 0.273. The average molecular weight is 417 g/mol. The highest BCUT2D eigenvalue weighted by molar-refractivity contribution is 9.10. The highest BCUT2D eigenvalue weighted by Gasteiger charge is 2.37. The fourth-order valence-electron chi connectivity index (χ4n) is 3.94. The van der Waals surface area contributed by atoms with Gasteiger partial charge in [0.25, 0.3) is 0 Å². The summed E-state index contributed by atoms with van der Waals surface area (Å²) in [5.74, 6) is 0. The van der Waals surface area contributed by atoms with Crippen molar-refractivity contribution in [1.29, 1.82) is 0 Å². The number of hydrogen-bond acceptors (Lipinski definition) is 0. The summed E-state index contributed by atoms with van der Waals surface area (Å²) in [5.41, 5.74) is 4.72. The summed E-state index contributed by atoms with van der Waals surface area (Å²) >= 11 is 3.53. The standard InChI is InChI=1S/C22H22BrN.ClH/c1-22(2)13-21-18(10-9-17-5-3-4-6-20(17)21)15-24(22)14-16-7-11-19(23)12-8-16;/h3-12H,13-15H2,1-2H3;1H. The molecule has 1 N–H and O–H groups in total. The molecular weight excluding hydrogens is 394 g/mol. The molecule has 25 heavy (non-hydrogen) atoms. The minimum Gasteiger partial charge on any atom is -1.00 e. The first-order valence-electron chi connectivity index (χ1n) is 8.62. The highest BCUT2D eigenvalue weighted by atomic mass is 79.9. The van der Waals surface area contributed by atoms with Crippen LogP contribution in [-0.4, -0.2) is 5.54 Å². The molecule has 130 valence electrons. The third-order valence-corrected chi connectivity index (χ3v) is 5.98. The molecule has 0 saturated heterocycles. The molecule has 4 rings (SSSR count). The predicted molar refractivity (Wildman–Crippen MR) is 104 cm³/mol. The number of quaternary nitrogens is 1. The Morgan fingerprint density at radius 2 is 1.68 bits per heavy atom. The quantitative estimate of drug-likeness (QED) is 0.646. The zero-order chi connectivity index (χ0) is 16.7. The van der Waals surface area contributed by atoms with Gasteiger partial charge in [0.15, 0.2) is 0 Å². The van der Waals surface area contributed by atoms with Crippen molar-refractivity contribution >= 4 is 26.7 Å². The maximum absolute atomic E-state index is 3.53. The van der Waals surface area contributed by atoms with Gasteiger partial charge >= 0.3 is 0 Å². The molecule has 1 atom stereocenters. The minimum absolute atomic E-state index is 0. The zero-order valence-corrected chi connectivity index (χ0v) is 17.0. The third-order valence-electron chi connectivity index (χ3n) is 5.45. The molecule has 3 heteroatoms. The van der Waals surface area contributed by atoms with E-state index in [1.54, 1.807) is 10.5 Å². The van der Waals surface area contributed by atoms with Crippen LogP contribution >= 0.6 is 15.9 Å². The molecule has 1 aliphatic heterocycles. The largest absolute Gasteiger partial charge is 1.00 e. The summed E-state index contributed by atoms with van der Waals surface area (Å²) in [6.45, 7) is 6.99. The summed E-state index contributed by atoms with van der Waals surface area (Å²) in [7, 11) is 0. The lowest BCUT2D eigenvalue weighted by molar-refractivity contribution is -0.977. The maximum Gasteiger partial charge on any atom is 0.104 e. The first-order chi connectivity index (χ1) is 11.5. The van der Waals surface area contributed by atoms with Crippen molar-refractivity contribution in [3.05, 3.63) is 81.8 Å². The van der Waals surface area contributed by atoms with Crippen LogP contribution in [-0.2, 0) is 19.5 Å². The lowest BCUT2D eigenvalue weighted by Gasteiger charge is -2.40. The second-order valence-corrected chi connectivity index (χ2v) is 8.48. The van der Waals surface area contributed by atoms with Crippen molar-refractivity contribution in [2.24, 2.45) is 0 Å². The van der Waals surface area contributed by atoms with Crippen LogP contribution in [0.25, 0.3) is 10.8 Å². The lowest BCUT2D eigenvalue weighted by atomic mass is 9.82. The van der Waals surface area contributed by atoms with Gasteiger partial charge in [0.2, 0.25) is 0 Å². The van der Waals surface area contributed by atoms with E-state index in [-0.39, 0.29) is 17.9 Å². The molecule has 3 aromatic carbocycles. The Hall–Kier alpha value is -1.35. The van der Waals surface area contributed by atoms with Gasteiger partial charge in [-0.25, -0.2) is 0 Å². The second kappa shape index (κ2) is 7.11. The van der Waals surface area contributed by atoms with Gasteiger partial charge in [0, 0.05) is 22.0 Å². The minimum atomic E-state index is 0. The number of hydrogen-bond donors (Lipinski definition) is 1. The van der Waals surface area contributed by atoms with Crippen LogP contribution in [0.4, 0.5) is 0 Å². The molecule has 0 saturated carbocycles. The van der Waals surface area contributed by atoms with Gasteiger partial charge in [-0.2, -0.15) is 0 Å². The number of benzene rings is 3. The van der Waals surface area contributed by atoms with E-state index in [0.29, 0.717) is 0 Å². The van der Waals surface area contributed by atoms with E-state index < -0.39 is 0 Å². The van der Waals surface area contributed by atoms with Gasteiger partial charge in [0.1, 0.15) is 13.1 Å². The molecule has 0 spiro atoms. The van der Waals surface area contributed by atoms with Crippen molar-refractivity contribution < 1.29 is 17.3 Å². The predicted octanol–water partition coefficient (Wildman–Crippen LogP) is 1.53. The Morgan fingerprint density at radius 3 is 2.44 bits per heavy atom. The molecule has 0 aliphatic carbocycles. The van der Waals surface area contributed by atoms with E-state index in [2.05, 4.69) is 90.4 Å². The van der Waals surface area contributed by atoms with Crippen LogP contribution in [0, 0.1) is 0 Å². The molecular formula is C22H23BrClN. The fourth-order valence-corrected chi connectivity index (χ4v) is 4.21. The summed E-state index contributed by atoms with van der Waals surface area (Å²) in [6, 6.07) is 22.2. The van der Waals surface area contributed by atoms with Crippen LogP contribution in [0.1, 0.15) is 30.5 Å².